The molecule has 8 nitrogen and oxygen atoms in total. The summed E-state index contributed by atoms with van der Waals surface area (Å²) in [5.41, 5.74) is 0.104. The number of allylic oxidation sites excluding steroid dienone is 1. The minimum atomic E-state index is -0.658. The van der Waals surface area contributed by atoms with Crippen LogP contribution in [-0.2, 0) is 13.7 Å². The number of halogens is 1. The minimum Gasteiger partial charge on any atom is -0.479 e. The average molecular weight is 371 g/mol. The molecule has 2 heterocycles. The van der Waals surface area contributed by atoms with Crippen molar-refractivity contribution in [3.05, 3.63) is 81.8 Å². The molecule has 0 aliphatic heterocycles. The lowest BCUT2D eigenvalue weighted by atomic mass is 10.2. The maximum absolute atomic E-state index is 13.3. The fraction of sp³-hybridized carbons (Fsp3) is 0.111. The Balaban J connectivity index is 1.65. The summed E-state index contributed by atoms with van der Waals surface area (Å²) < 4.78 is 25.6. The van der Waals surface area contributed by atoms with Crippen LogP contribution < -0.4 is 4.74 Å². The molecule has 138 valence electrons. The SMILES string of the molecule is Cn1cc(C(=O)/C=C/c2ccc(COc3cc(F)ccc3[N+](=O)[O-])o2)cn1. The van der Waals surface area contributed by atoms with Crippen molar-refractivity contribution < 1.29 is 23.3 Å². The first-order valence-corrected chi connectivity index (χ1v) is 7.79. The van der Waals surface area contributed by atoms with Crippen molar-refractivity contribution in [3.8, 4) is 5.75 Å². The van der Waals surface area contributed by atoms with Crippen molar-refractivity contribution in [2.24, 2.45) is 7.05 Å². The molecule has 0 saturated carbocycles. The number of aromatic nitrogens is 2. The molecule has 0 atom stereocenters. The van der Waals surface area contributed by atoms with Crippen molar-refractivity contribution in [1.82, 2.24) is 9.78 Å². The average Bonchev–Trinajstić information content (AvgIpc) is 3.26. The summed E-state index contributed by atoms with van der Waals surface area (Å²) in [5, 5.41) is 14.9. The van der Waals surface area contributed by atoms with E-state index in [0.717, 1.165) is 18.2 Å². The number of nitro benzene ring substituents is 1. The van der Waals surface area contributed by atoms with Gasteiger partial charge < -0.3 is 9.15 Å². The van der Waals surface area contributed by atoms with E-state index in [1.54, 1.807) is 25.4 Å². The summed E-state index contributed by atoms with van der Waals surface area (Å²) >= 11 is 0. The summed E-state index contributed by atoms with van der Waals surface area (Å²) in [4.78, 5) is 22.3. The molecule has 27 heavy (non-hydrogen) atoms. The highest BCUT2D eigenvalue weighted by molar-refractivity contribution is 6.06. The third-order valence-electron chi connectivity index (χ3n) is 3.56. The molecule has 0 N–H and O–H groups in total. The number of benzene rings is 1. The number of nitrogens with zero attached hydrogens (tertiary/aromatic N) is 3. The van der Waals surface area contributed by atoms with Gasteiger partial charge in [0.25, 0.3) is 0 Å². The highest BCUT2D eigenvalue weighted by atomic mass is 19.1. The van der Waals surface area contributed by atoms with E-state index in [1.807, 2.05) is 0 Å². The van der Waals surface area contributed by atoms with Crippen LogP contribution in [0.4, 0.5) is 10.1 Å². The maximum atomic E-state index is 13.3. The standard InChI is InChI=1S/C18H14FN3O5/c1-21-10-12(9-20-21)17(23)7-5-14-3-4-15(27-14)11-26-18-8-13(19)2-6-16(18)22(24)25/h2-10H,11H2,1H3/b7-5+. The number of hydrogen-bond donors (Lipinski definition) is 0. The number of aryl methyl sites for hydroxylation is 1. The number of nitro groups is 1. The van der Waals surface area contributed by atoms with Crippen molar-refractivity contribution in [1.29, 1.82) is 0 Å². The van der Waals surface area contributed by atoms with Crippen molar-refractivity contribution in [3.63, 3.8) is 0 Å². The molecular weight excluding hydrogens is 357 g/mol. The fourth-order valence-electron chi connectivity index (χ4n) is 2.27. The van der Waals surface area contributed by atoms with Gasteiger partial charge >= 0.3 is 5.69 Å². The van der Waals surface area contributed by atoms with Crippen LogP contribution in [0.2, 0.25) is 0 Å². The van der Waals surface area contributed by atoms with Gasteiger partial charge in [0.05, 0.1) is 16.7 Å². The maximum Gasteiger partial charge on any atom is 0.311 e. The second kappa shape index (κ2) is 7.65. The molecule has 0 amide bonds. The van der Waals surface area contributed by atoms with Crippen LogP contribution in [0.3, 0.4) is 0 Å². The lowest BCUT2D eigenvalue weighted by Crippen LogP contribution is -1.99. The van der Waals surface area contributed by atoms with Gasteiger partial charge in [-0.1, -0.05) is 0 Å². The first-order chi connectivity index (χ1) is 12.9. The first kappa shape index (κ1) is 18.1. The van der Waals surface area contributed by atoms with E-state index in [2.05, 4.69) is 5.10 Å². The fourth-order valence-corrected chi connectivity index (χ4v) is 2.27. The molecule has 0 fully saturated rings. The zero-order valence-corrected chi connectivity index (χ0v) is 14.2. The van der Waals surface area contributed by atoms with E-state index < -0.39 is 10.7 Å². The van der Waals surface area contributed by atoms with Crippen LogP contribution in [0.5, 0.6) is 5.75 Å². The number of carbonyl (C=O) groups is 1. The molecule has 9 heteroatoms. The third kappa shape index (κ3) is 4.46. The highest BCUT2D eigenvalue weighted by Crippen LogP contribution is 2.28. The van der Waals surface area contributed by atoms with Crippen LogP contribution in [0.25, 0.3) is 6.08 Å². The van der Waals surface area contributed by atoms with Crippen molar-refractivity contribution >= 4 is 17.5 Å². The van der Waals surface area contributed by atoms with E-state index in [4.69, 9.17) is 9.15 Å². The number of ketones is 1. The second-order valence-corrected chi connectivity index (χ2v) is 5.56. The molecule has 3 rings (SSSR count). The van der Waals surface area contributed by atoms with E-state index in [9.17, 15) is 19.3 Å². The number of carbonyl (C=O) groups excluding carboxylic acids is 1. The summed E-state index contributed by atoms with van der Waals surface area (Å²) in [6.07, 6.45) is 5.89. The van der Waals surface area contributed by atoms with Gasteiger partial charge in [0.15, 0.2) is 11.5 Å². The van der Waals surface area contributed by atoms with Crippen molar-refractivity contribution in [2.45, 2.75) is 6.61 Å². The van der Waals surface area contributed by atoms with Gasteiger partial charge in [-0.2, -0.15) is 5.10 Å². The largest absolute Gasteiger partial charge is 0.479 e. The van der Waals surface area contributed by atoms with E-state index in [0.29, 0.717) is 17.1 Å². The zero-order chi connectivity index (χ0) is 19.4. The minimum absolute atomic E-state index is 0.130. The molecular formula is C18H14FN3O5. The number of hydrogen-bond acceptors (Lipinski definition) is 6. The summed E-state index contributed by atoms with van der Waals surface area (Å²) in [7, 11) is 1.71. The predicted octanol–water partition coefficient (Wildman–Crippen LogP) is 3.54. The number of rotatable bonds is 7. The Bertz CT molecular complexity index is 1020. The molecule has 2 aromatic heterocycles. The third-order valence-corrected chi connectivity index (χ3v) is 3.56. The monoisotopic (exact) mass is 371 g/mol. The Morgan fingerprint density at radius 1 is 1.41 bits per heavy atom. The Labute approximate surface area is 152 Å². The van der Waals surface area contributed by atoms with Crippen LogP contribution in [-0.4, -0.2) is 20.5 Å². The summed E-state index contributed by atoms with van der Waals surface area (Å²) in [6, 6.07) is 6.17. The van der Waals surface area contributed by atoms with Gasteiger partial charge in [-0.25, -0.2) is 4.39 Å². The first-order valence-electron chi connectivity index (χ1n) is 7.79. The topological polar surface area (TPSA) is 100 Å². The quantitative estimate of drug-likeness (QED) is 0.273. The molecule has 1 aromatic carbocycles. The van der Waals surface area contributed by atoms with Crippen LogP contribution in [0.1, 0.15) is 21.9 Å². The summed E-state index contributed by atoms with van der Waals surface area (Å²) in [5.74, 6) is -0.304. The van der Waals surface area contributed by atoms with Crippen LogP contribution >= 0.6 is 0 Å². The predicted molar refractivity (Wildman–Crippen MR) is 92.7 cm³/mol. The van der Waals surface area contributed by atoms with Gasteiger partial charge in [0.1, 0.15) is 23.9 Å². The molecule has 0 radical (unpaired) electrons. The van der Waals surface area contributed by atoms with Gasteiger partial charge in [-0.3, -0.25) is 19.6 Å². The Hall–Kier alpha value is -3.75. The van der Waals surface area contributed by atoms with Gasteiger partial charge in [-0.05, 0) is 30.4 Å². The molecule has 0 saturated heterocycles. The number of ether oxygens (including phenoxy) is 1. The van der Waals surface area contributed by atoms with E-state index >= 15 is 0 Å². The molecule has 0 aliphatic rings. The lowest BCUT2D eigenvalue weighted by Gasteiger charge is -2.05. The lowest BCUT2D eigenvalue weighted by molar-refractivity contribution is -0.386. The van der Waals surface area contributed by atoms with Crippen LogP contribution in [0.15, 0.2) is 53.2 Å². The number of furan rings is 1. The highest BCUT2D eigenvalue weighted by Gasteiger charge is 2.16. The molecule has 0 unspecified atom stereocenters. The van der Waals surface area contributed by atoms with Gasteiger partial charge in [-0.15, -0.1) is 0 Å². The van der Waals surface area contributed by atoms with E-state index in [1.165, 1.54) is 23.0 Å². The smallest absolute Gasteiger partial charge is 0.311 e. The molecule has 0 aliphatic carbocycles. The second-order valence-electron chi connectivity index (χ2n) is 5.56. The normalized spacial score (nSPS) is 11.0. The van der Waals surface area contributed by atoms with Gasteiger partial charge in [0.2, 0.25) is 0 Å². The molecule has 0 spiro atoms. The molecule has 0 bridgehead atoms. The Morgan fingerprint density at radius 2 is 2.22 bits per heavy atom. The van der Waals surface area contributed by atoms with Crippen molar-refractivity contribution in [2.75, 3.05) is 0 Å². The zero-order valence-electron chi connectivity index (χ0n) is 14.2. The summed E-state index contributed by atoms with van der Waals surface area (Å²) in [6.45, 7) is -0.130. The Kier molecular flexibility index (Phi) is 5.11. The van der Waals surface area contributed by atoms with Gasteiger partial charge in [0, 0.05) is 25.4 Å². The van der Waals surface area contributed by atoms with Crippen LogP contribution in [0, 0.1) is 15.9 Å². The Morgan fingerprint density at radius 3 is 2.93 bits per heavy atom. The molecule has 3 aromatic rings. The van der Waals surface area contributed by atoms with E-state index in [-0.39, 0.29) is 23.8 Å².